The fourth-order valence-corrected chi connectivity index (χ4v) is 2.33. The van der Waals surface area contributed by atoms with Crippen molar-refractivity contribution in [3.05, 3.63) is 54.1 Å². The summed E-state index contributed by atoms with van der Waals surface area (Å²) in [6.07, 6.45) is 0. The van der Waals surface area contributed by atoms with E-state index in [1.807, 2.05) is 62.3 Å². The van der Waals surface area contributed by atoms with E-state index in [0.717, 1.165) is 17.0 Å². The van der Waals surface area contributed by atoms with Crippen molar-refractivity contribution in [2.75, 3.05) is 30.9 Å². The number of benzene rings is 2. The Morgan fingerprint density at radius 3 is 2.38 bits per heavy atom. The van der Waals surface area contributed by atoms with E-state index in [2.05, 4.69) is 15.5 Å². The average molecular weight is 352 g/mol. The second-order valence-electron chi connectivity index (χ2n) is 5.77. The van der Waals surface area contributed by atoms with Gasteiger partial charge in [0.2, 0.25) is 5.89 Å². The molecule has 1 heterocycles. The molecule has 3 rings (SSSR count). The highest BCUT2D eigenvalue weighted by Crippen LogP contribution is 2.23. The lowest BCUT2D eigenvalue weighted by molar-refractivity contribution is 0.102. The van der Waals surface area contributed by atoms with E-state index in [9.17, 15) is 4.79 Å². The van der Waals surface area contributed by atoms with Gasteiger partial charge >= 0.3 is 6.01 Å². The van der Waals surface area contributed by atoms with Gasteiger partial charge in [-0.1, -0.05) is 5.10 Å². The Labute approximate surface area is 151 Å². The molecule has 26 heavy (non-hydrogen) atoms. The summed E-state index contributed by atoms with van der Waals surface area (Å²) in [4.78, 5) is 14.2. The van der Waals surface area contributed by atoms with E-state index in [1.54, 1.807) is 12.1 Å². The summed E-state index contributed by atoms with van der Waals surface area (Å²) in [7, 11) is 3.88. The summed E-state index contributed by atoms with van der Waals surface area (Å²) >= 11 is 0. The van der Waals surface area contributed by atoms with Crippen molar-refractivity contribution in [2.45, 2.75) is 6.92 Å². The van der Waals surface area contributed by atoms with Crippen molar-refractivity contribution in [2.24, 2.45) is 0 Å². The first-order chi connectivity index (χ1) is 12.6. The van der Waals surface area contributed by atoms with Gasteiger partial charge in [0.25, 0.3) is 5.91 Å². The SMILES string of the molecule is CCOc1ccc(-c2nnc(NC(=O)c3ccc(N(C)C)cc3)o2)cc1. The van der Waals surface area contributed by atoms with E-state index in [-0.39, 0.29) is 11.9 Å². The van der Waals surface area contributed by atoms with Gasteiger partial charge in [-0.15, -0.1) is 5.10 Å². The Balaban J connectivity index is 1.68. The maximum atomic E-state index is 12.3. The van der Waals surface area contributed by atoms with Crippen LogP contribution in [0.2, 0.25) is 0 Å². The number of anilines is 2. The molecule has 0 unspecified atom stereocenters. The first-order valence-corrected chi connectivity index (χ1v) is 8.22. The van der Waals surface area contributed by atoms with Crippen LogP contribution in [0.15, 0.2) is 52.9 Å². The van der Waals surface area contributed by atoms with Crippen molar-refractivity contribution < 1.29 is 13.9 Å². The standard InChI is InChI=1S/C19H20N4O3/c1-4-25-16-11-7-14(8-12-16)18-21-22-19(26-18)20-17(24)13-5-9-15(10-6-13)23(2)3/h5-12H,4H2,1-3H3,(H,20,22,24). The van der Waals surface area contributed by atoms with Gasteiger partial charge in [-0.05, 0) is 55.5 Å². The first-order valence-electron chi connectivity index (χ1n) is 8.22. The molecule has 3 aromatic rings. The summed E-state index contributed by atoms with van der Waals surface area (Å²) in [5.74, 6) is 0.786. The molecule has 0 aliphatic carbocycles. The molecule has 1 aromatic heterocycles. The molecule has 0 radical (unpaired) electrons. The number of nitrogens with zero attached hydrogens (tertiary/aromatic N) is 3. The Kier molecular flexibility index (Phi) is 5.17. The van der Waals surface area contributed by atoms with Gasteiger partial charge in [-0.3, -0.25) is 10.1 Å². The van der Waals surface area contributed by atoms with Gasteiger partial charge in [0.15, 0.2) is 0 Å². The van der Waals surface area contributed by atoms with Crippen LogP contribution < -0.4 is 15.0 Å². The molecular weight excluding hydrogens is 332 g/mol. The van der Waals surface area contributed by atoms with Gasteiger partial charge in [-0.25, -0.2) is 0 Å². The fourth-order valence-electron chi connectivity index (χ4n) is 2.33. The van der Waals surface area contributed by atoms with Crippen molar-refractivity contribution in [1.82, 2.24) is 10.2 Å². The van der Waals surface area contributed by atoms with Gasteiger partial charge in [0.05, 0.1) is 6.61 Å². The minimum Gasteiger partial charge on any atom is -0.494 e. The van der Waals surface area contributed by atoms with Crippen molar-refractivity contribution >= 4 is 17.6 Å². The highest BCUT2D eigenvalue weighted by Gasteiger charge is 2.13. The molecule has 0 fully saturated rings. The number of hydrogen-bond donors (Lipinski definition) is 1. The number of nitrogens with one attached hydrogen (secondary N) is 1. The van der Waals surface area contributed by atoms with Crippen LogP contribution in [-0.2, 0) is 0 Å². The summed E-state index contributed by atoms with van der Waals surface area (Å²) < 4.78 is 10.9. The van der Waals surface area contributed by atoms with Gasteiger partial charge < -0.3 is 14.1 Å². The van der Waals surface area contributed by atoms with E-state index in [4.69, 9.17) is 9.15 Å². The lowest BCUT2D eigenvalue weighted by Crippen LogP contribution is -2.13. The highest BCUT2D eigenvalue weighted by molar-refractivity contribution is 6.03. The second kappa shape index (κ2) is 7.69. The fraction of sp³-hybridized carbons (Fsp3) is 0.211. The van der Waals surface area contributed by atoms with E-state index < -0.39 is 0 Å². The van der Waals surface area contributed by atoms with Gasteiger partial charge in [-0.2, -0.15) is 0 Å². The normalized spacial score (nSPS) is 10.4. The molecule has 0 saturated heterocycles. The molecule has 0 bridgehead atoms. The zero-order valence-corrected chi connectivity index (χ0v) is 14.9. The van der Waals surface area contributed by atoms with Gasteiger partial charge in [0, 0.05) is 30.9 Å². The molecule has 0 aliphatic rings. The summed E-state index contributed by atoms with van der Waals surface area (Å²) in [5.41, 5.74) is 2.27. The summed E-state index contributed by atoms with van der Waals surface area (Å²) in [6, 6.07) is 14.6. The van der Waals surface area contributed by atoms with Crippen LogP contribution in [0.4, 0.5) is 11.7 Å². The van der Waals surface area contributed by atoms with Gasteiger partial charge in [0.1, 0.15) is 5.75 Å². The number of carbonyl (C=O) groups excluding carboxylic acids is 1. The maximum absolute atomic E-state index is 12.3. The van der Waals surface area contributed by atoms with E-state index >= 15 is 0 Å². The minimum atomic E-state index is -0.308. The van der Waals surface area contributed by atoms with Crippen LogP contribution in [-0.4, -0.2) is 36.8 Å². The van der Waals surface area contributed by atoms with Crippen LogP contribution in [0.3, 0.4) is 0 Å². The van der Waals surface area contributed by atoms with Crippen molar-refractivity contribution in [1.29, 1.82) is 0 Å². The summed E-state index contributed by atoms with van der Waals surface area (Å²) in [6.45, 7) is 2.53. The molecule has 0 saturated carbocycles. The minimum absolute atomic E-state index is 0.0515. The molecule has 0 atom stereocenters. The number of rotatable bonds is 6. The van der Waals surface area contributed by atoms with Crippen LogP contribution in [0.25, 0.3) is 11.5 Å². The number of carbonyl (C=O) groups is 1. The zero-order valence-electron chi connectivity index (χ0n) is 14.9. The molecule has 134 valence electrons. The van der Waals surface area contributed by atoms with Crippen LogP contribution in [0.1, 0.15) is 17.3 Å². The number of hydrogen-bond acceptors (Lipinski definition) is 6. The Morgan fingerprint density at radius 2 is 1.77 bits per heavy atom. The molecular formula is C19H20N4O3. The lowest BCUT2D eigenvalue weighted by Gasteiger charge is -2.12. The predicted octanol–water partition coefficient (Wildman–Crippen LogP) is 3.45. The Bertz CT molecular complexity index is 871. The zero-order chi connectivity index (χ0) is 18.5. The van der Waals surface area contributed by atoms with Crippen molar-refractivity contribution in [3.8, 4) is 17.2 Å². The number of amides is 1. The average Bonchev–Trinajstić information content (AvgIpc) is 3.11. The lowest BCUT2D eigenvalue weighted by atomic mass is 10.2. The van der Waals surface area contributed by atoms with Crippen molar-refractivity contribution in [3.63, 3.8) is 0 Å². The third kappa shape index (κ3) is 4.00. The van der Waals surface area contributed by atoms with Crippen LogP contribution in [0, 0.1) is 0 Å². The third-order valence-electron chi connectivity index (χ3n) is 3.70. The third-order valence-corrected chi connectivity index (χ3v) is 3.70. The molecule has 1 N–H and O–H groups in total. The second-order valence-corrected chi connectivity index (χ2v) is 5.77. The molecule has 0 aliphatic heterocycles. The van der Waals surface area contributed by atoms with E-state index in [0.29, 0.717) is 18.1 Å². The number of aromatic nitrogens is 2. The monoisotopic (exact) mass is 352 g/mol. The molecule has 1 amide bonds. The van der Waals surface area contributed by atoms with E-state index in [1.165, 1.54) is 0 Å². The maximum Gasteiger partial charge on any atom is 0.322 e. The largest absolute Gasteiger partial charge is 0.494 e. The molecule has 7 heteroatoms. The Morgan fingerprint density at radius 1 is 1.08 bits per heavy atom. The topological polar surface area (TPSA) is 80.5 Å². The smallest absolute Gasteiger partial charge is 0.322 e. The quantitative estimate of drug-likeness (QED) is 0.732. The van der Waals surface area contributed by atoms with Crippen LogP contribution in [0.5, 0.6) is 5.75 Å². The summed E-state index contributed by atoms with van der Waals surface area (Å²) in [5, 5.41) is 10.5. The van der Waals surface area contributed by atoms with Crippen LogP contribution >= 0.6 is 0 Å². The Hall–Kier alpha value is -3.35. The molecule has 0 spiro atoms. The molecule has 7 nitrogen and oxygen atoms in total. The first kappa shape index (κ1) is 17.5. The molecule has 2 aromatic carbocycles. The predicted molar refractivity (Wildman–Crippen MR) is 99.6 cm³/mol. The highest BCUT2D eigenvalue weighted by atomic mass is 16.5. The number of ether oxygens (including phenoxy) is 1.